The molecule has 16 nitrogen and oxygen atoms in total. The van der Waals surface area contributed by atoms with Crippen LogP contribution in [0.25, 0.3) is 11.2 Å². The molecule has 4 aliphatic rings. The summed E-state index contributed by atoms with van der Waals surface area (Å²) in [5.41, 5.74) is 6.77. The van der Waals surface area contributed by atoms with Gasteiger partial charge in [-0.25, -0.2) is 18.4 Å². The van der Waals surface area contributed by atoms with Crippen LogP contribution in [0.5, 0.6) is 0 Å². The third-order valence-electron chi connectivity index (χ3n) is 6.23. The molecule has 2 aromatic rings. The highest BCUT2D eigenvalue weighted by atomic mass is 31.3. The number of hydrogen-bond acceptors (Lipinski definition) is 13. The monoisotopic (exact) mass is 523 g/mol. The van der Waals surface area contributed by atoms with Gasteiger partial charge >= 0.3 is 7.82 Å². The summed E-state index contributed by atoms with van der Waals surface area (Å²) >= 11 is 0. The van der Waals surface area contributed by atoms with Gasteiger partial charge in [0, 0.05) is 0 Å². The number of hydrogen-bond donors (Lipinski definition) is 5. The summed E-state index contributed by atoms with van der Waals surface area (Å²) in [6.07, 6.45) is -3.45. The number of nitrogens with two attached hydrogens (primary N) is 1. The molecule has 0 aromatic carbocycles. The van der Waals surface area contributed by atoms with Crippen molar-refractivity contribution < 1.29 is 56.9 Å². The first-order chi connectivity index (χ1) is 16.0. The number of phosphoric ester groups is 2. The van der Waals surface area contributed by atoms with Crippen LogP contribution in [0.4, 0.5) is 5.82 Å². The van der Waals surface area contributed by atoms with Gasteiger partial charge in [0.25, 0.3) is 13.6 Å². The van der Waals surface area contributed by atoms with Gasteiger partial charge in [0.2, 0.25) is 12.0 Å². The molecule has 2 aromatic heterocycles. The first-order valence-corrected chi connectivity index (χ1v) is 13.3. The minimum atomic E-state index is -5.28. The Bertz CT molecular complexity index is 1200. The summed E-state index contributed by atoms with van der Waals surface area (Å²) in [6.45, 7) is -1.21. The molecule has 0 amide bonds. The number of rotatable bonds is 0. The second-order valence-electron chi connectivity index (χ2n) is 8.47. The van der Waals surface area contributed by atoms with Crippen molar-refractivity contribution in [2.75, 3.05) is 18.9 Å². The van der Waals surface area contributed by atoms with E-state index in [9.17, 15) is 34.2 Å². The average molecular weight is 523 g/mol. The fourth-order valence-corrected chi connectivity index (χ4v) is 6.69. The first kappa shape index (κ1) is 24.2. The van der Waals surface area contributed by atoms with E-state index >= 15 is 0 Å². The van der Waals surface area contributed by atoms with Crippen LogP contribution in [0.2, 0.25) is 0 Å². The summed E-state index contributed by atoms with van der Waals surface area (Å²) in [6, 6.07) is -0.576. The molecule has 0 radical (unpaired) electrons. The van der Waals surface area contributed by atoms with E-state index < -0.39 is 71.5 Å². The standard InChI is InChI=1S/C16H23N5O11P2/c17-14-11-15-19-6-20(14)8-1-7(2-9(8)22)3-29-33(25,26)32-34(27,28)30-4-10-12(23)13(24)16(31-10)21(15)5-18-11/h5-10,12-13,16-17,22-24H,1-4H2,(H2,25,26,27,28)/t7-,8+,9+,10+,12+,13+,16+/m0/s1. The van der Waals surface area contributed by atoms with Crippen molar-refractivity contribution in [1.82, 2.24) is 14.5 Å². The number of nitrogen functional groups attached to an aromatic ring is 1. The van der Waals surface area contributed by atoms with Crippen LogP contribution < -0.4 is 15.2 Å². The van der Waals surface area contributed by atoms with Crippen LogP contribution in [0.1, 0.15) is 25.1 Å². The second kappa shape index (κ2) is 8.54. The molecular weight excluding hydrogens is 500 g/mol. The van der Waals surface area contributed by atoms with Crippen molar-refractivity contribution in [2.24, 2.45) is 5.92 Å². The van der Waals surface area contributed by atoms with E-state index in [4.69, 9.17) is 15.0 Å². The molecule has 1 saturated carbocycles. The van der Waals surface area contributed by atoms with E-state index in [1.807, 2.05) is 0 Å². The molecule has 5 heterocycles. The van der Waals surface area contributed by atoms with Gasteiger partial charge in [-0.1, -0.05) is 4.98 Å². The average Bonchev–Trinajstić information content (AvgIpc) is 3.41. The van der Waals surface area contributed by atoms with Crippen LogP contribution in [0.15, 0.2) is 12.7 Å². The highest BCUT2D eigenvalue weighted by molar-refractivity contribution is 7.60. The third kappa shape index (κ3) is 4.29. The lowest BCUT2D eigenvalue weighted by Crippen LogP contribution is -2.46. The van der Waals surface area contributed by atoms with Crippen molar-refractivity contribution in [3.8, 4) is 0 Å². The molecule has 2 unspecified atom stereocenters. The number of fused-ring (bicyclic) bond motifs is 7. The van der Waals surface area contributed by atoms with Crippen LogP contribution >= 0.6 is 15.6 Å². The molecule has 0 spiro atoms. The van der Waals surface area contributed by atoms with E-state index in [-0.39, 0.29) is 29.8 Å². The molecule has 8 bridgehead atoms. The smallest absolute Gasteiger partial charge is 0.478 e. The number of ether oxygens (including phenoxy) is 1. The Morgan fingerprint density at radius 1 is 1.15 bits per heavy atom. The zero-order valence-electron chi connectivity index (χ0n) is 17.4. The van der Waals surface area contributed by atoms with Gasteiger partial charge in [0.1, 0.15) is 30.7 Å². The quantitative estimate of drug-likeness (QED) is 0.183. The molecule has 2 fully saturated rings. The molecular formula is C16H23N5O11P2. The third-order valence-corrected chi connectivity index (χ3v) is 8.79. The number of imidazole rings is 1. The lowest BCUT2D eigenvalue weighted by atomic mass is 10.1. The van der Waals surface area contributed by atoms with Crippen LogP contribution in [-0.2, 0) is 27.2 Å². The molecule has 3 aliphatic heterocycles. The summed E-state index contributed by atoms with van der Waals surface area (Å²) in [5.74, 6) is -0.277. The van der Waals surface area contributed by atoms with E-state index in [2.05, 4.69) is 18.8 Å². The van der Waals surface area contributed by atoms with E-state index in [0.717, 1.165) is 0 Å². The molecule has 188 valence electrons. The number of aliphatic hydroxyl groups excluding tert-OH is 3. The van der Waals surface area contributed by atoms with Crippen LogP contribution in [0.3, 0.4) is 0 Å². The van der Waals surface area contributed by atoms with Crippen molar-refractivity contribution in [3.63, 3.8) is 0 Å². The second-order valence-corrected chi connectivity index (χ2v) is 11.5. The van der Waals surface area contributed by atoms with Crippen molar-refractivity contribution in [2.45, 2.75) is 49.5 Å². The largest absolute Gasteiger partial charge is 0.756 e. The van der Waals surface area contributed by atoms with E-state index in [0.29, 0.717) is 0 Å². The van der Waals surface area contributed by atoms with Gasteiger partial charge in [-0.05, 0) is 18.8 Å². The fraction of sp³-hybridized carbons (Fsp3) is 0.688. The molecule has 18 heteroatoms. The fourth-order valence-electron chi connectivity index (χ4n) is 4.58. The molecule has 1 aliphatic carbocycles. The molecule has 34 heavy (non-hydrogen) atoms. The van der Waals surface area contributed by atoms with Gasteiger partial charge in [-0.3, -0.25) is 13.7 Å². The molecule has 1 saturated heterocycles. The highest BCUT2D eigenvalue weighted by Gasteiger charge is 2.47. The maximum Gasteiger partial charge on any atom is 0.478 e. The summed E-state index contributed by atoms with van der Waals surface area (Å²) in [7, 11) is -10.5. The zero-order valence-corrected chi connectivity index (χ0v) is 19.2. The van der Waals surface area contributed by atoms with Crippen molar-refractivity contribution in [3.05, 3.63) is 12.7 Å². The normalized spacial score (nSPS) is 43.4. The highest BCUT2D eigenvalue weighted by Crippen LogP contribution is 2.58. The van der Waals surface area contributed by atoms with Gasteiger partial charge in [0.05, 0.1) is 19.3 Å². The Morgan fingerprint density at radius 2 is 1.91 bits per heavy atom. The topological polar surface area (TPSA) is 236 Å². The number of aromatic nitrogens is 4. The van der Waals surface area contributed by atoms with E-state index in [1.54, 1.807) is 0 Å². The van der Waals surface area contributed by atoms with Crippen LogP contribution in [0, 0.1) is 5.92 Å². The van der Waals surface area contributed by atoms with Crippen LogP contribution in [-0.4, -0.2) is 72.4 Å². The minimum absolute atomic E-state index is 0.165. The van der Waals surface area contributed by atoms with Gasteiger partial charge in [-0.15, -0.1) is 0 Å². The Labute approximate surface area is 191 Å². The molecule has 6 N–H and O–H groups in total. The maximum absolute atomic E-state index is 12.1. The first-order valence-electron chi connectivity index (χ1n) is 10.3. The van der Waals surface area contributed by atoms with Gasteiger partial charge < -0.3 is 40.1 Å². The van der Waals surface area contributed by atoms with Crippen molar-refractivity contribution >= 4 is 32.6 Å². The number of nitrogens with zero attached hydrogens (tertiary/aromatic N) is 4. The van der Waals surface area contributed by atoms with Gasteiger partial charge in [0.15, 0.2) is 11.7 Å². The molecule has 9 atom stereocenters. The predicted octanol–water partition coefficient (Wildman–Crippen LogP) is -2.14. The maximum atomic E-state index is 12.1. The molecule has 6 rings (SSSR count). The Balaban J connectivity index is 1.55. The number of aliphatic hydroxyl groups is 3. The lowest BCUT2D eigenvalue weighted by Gasteiger charge is -2.26. The Morgan fingerprint density at radius 3 is 2.68 bits per heavy atom. The lowest BCUT2D eigenvalue weighted by molar-refractivity contribution is -0.716. The number of phosphoric acid groups is 2. The predicted molar refractivity (Wildman–Crippen MR) is 106 cm³/mol. The Kier molecular flexibility index (Phi) is 6.06. The summed E-state index contributed by atoms with van der Waals surface area (Å²) in [4.78, 5) is 30.5. The number of anilines is 1. The van der Waals surface area contributed by atoms with E-state index in [1.165, 1.54) is 21.8 Å². The van der Waals surface area contributed by atoms with Gasteiger partial charge in [-0.2, -0.15) is 0 Å². The zero-order chi connectivity index (χ0) is 24.4. The summed E-state index contributed by atoms with van der Waals surface area (Å²) < 4.78 is 46.3. The SMILES string of the molecule is Nc1c2ncn3c2nc[n+]1[C@@H]1C[C@H](COP(=O)([O-])OP(=O)(O)OC[C@H]2O[C@@H]3[C@H](O)[C@@H]2O)C[C@H]1O. The van der Waals surface area contributed by atoms with Crippen molar-refractivity contribution in [1.29, 1.82) is 0 Å². The summed E-state index contributed by atoms with van der Waals surface area (Å²) in [5, 5.41) is 31.4. The Hall–Kier alpha value is -1.55. The minimum Gasteiger partial charge on any atom is -0.756 e.